The Bertz CT molecular complexity index is 1010. The molecule has 3 nitrogen and oxygen atoms in total. The van der Waals surface area contributed by atoms with Crippen LogP contribution in [0, 0.1) is 23.2 Å². The molecule has 0 aliphatic heterocycles. The Hall–Kier alpha value is -2.31. The highest BCUT2D eigenvalue weighted by Crippen LogP contribution is 2.40. The number of rotatable bonds is 8. The van der Waals surface area contributed by atoms with Gasteiger partial charge in [0, 0.05) is 5.02 Å². The number of halogens is 1. The summed E-state index contributed by atoms with van der Waals surface area (Å²) in [4.78, 5) is 12.7. The predicted molar refractivity (Wildman–Crippen MR) is 142 cm³/mol. The zero-order valence-corrected chi connectivity index (χ0v) is 21.7. The van der Waals surface area contributed by atoms with Gasteiger partial charge < -0.3 is 4.74 Å². The lowest BCUT2D eigenvalue weighted by atomic mass is 9.76. The summed E-state index contributed by atoms with van der Waals surface area (Å²) in [5, 5.41) is 9.74. The first kappa shape index (κ1) is 25.8. The van der Waals surface area contributed by atoms with Gasteiger partial charge in [0.1, 0.15) is 11.8 Å². The highest BCUT2D eigenvalue weighted by Gasteiger charge is 2.29. The molecule has 0 spiro atoms. The van der Waals surface area contributed by atoms with Crippen molar-refractivity contribution in [2.24, 2.45) is 11.8 Å². The van der Waals surface area contributed by atoms with Crippen LogP contribution in [0.15, 0.2) is 42.5 Å². The molecule has 2 aliphatic rings. The van der Waals surface area contributed by atoms with E-state index in [1.807, 2.05) is 0 Å². The van der Waals surface area contributed by atoms with Crippen LogP contribution in [-0.4, -0.2) is 5.97 Å². The third-order valence-electron chi connectivity index (χ3n) is 8.28. The maximum absolute atomic E-state index is 12.7. The molecule has 0 radical (unpaired) electrons. The van der Waals surface area contributed by atoms with Crippen LogP contribution in [0.25, 0.3) is 0 Å². The van der Waals surface area contributed by atoms with Crippen LogP contribution in [0.5, 0.6) is 5.75 Å². The Kier molecular flexibility index (Phi) is 9.27. The van der Waals surface area contributed by atoms with Crippen LogP contribution in [0.2, 0.25) is 5.02 Å². The summed E-state index contributed by atoms with van der Waals surface area (Å²) in [6, 6.07) is 16.2. The molecule has 0 saturated heterocycles. The van der Waals surface area contributed by atoms with Gasteiger partial charge >= 0.3 is 5.97 Å². The van der Waals surface area contributed by atoms with Crippen LogP contribution in [-0.2, 0) is 4.79 Å². The van der Waals surface area contributed by atoms with E-state index in [1.54, 1.807) is 12.1 Å². The van der Waals surface area contributed by atoms with Crippen molar-refractivity contribution in [3.05, 3.63) is 64.2 Å². The molecule has 0 N–H and O–H groups in total. The molecule has 2 aromatic rings. The van der Waals surface area contributed by atoms with Gasteiger partial charge in [-0.2, -0.15) is 5.26 Å². The molecule has 0 bridgehead atoms. The highest BCUT2D eigenvalue weighted by atomic mass is 35.5. The molecular formula is C31H38ClNO2. The molecule has 2 saturated carbocycles. The van der Waals surface area contributed by atoms with E-state index in [0.717, 1.165) is 37.5 Å². The second kappa shape index (κ2) is 12.6. The van der Waals surface area contributed by atoms with Crippen LogP contribution < -0.4 is 4.74 Å². The van der Waals surface area contributed by atoms with Gasteiger partial charge in [0.05, 0.1) is 11.5 Å². The normalized spacial score (nSPS) is 24.5. The molecule has 35 heavy (non-hydrogen) atoms. The summed E-state index contributed by atoms with van der Waals surface area (Å²) in [6.07, 6.45) is 14.6. The summed E-state index contributed by atoms with van der Waals surface area (Å²) in [5.74, 6) is 2.14. The van der Waals surface area contributed by atoms with Crippen molar-refractivity contribution in [1.82, 2.24) is 0 Å². The van der Waals surface area contributed by atoms with Crippen LogP contribution in [0.1, 0.15) is 112 Å². The fourth-order valence-corrected chi connectivity index (χ4v) is 6.21. The number of benzene rings is 2. The van der Waals surface area contributed by atoms with Crippen molar-refractivity contribution in [2.45, 2.75) is 95.8 Å². The number of ether oxygens (including phenoxy) is 1. The maximum Gasteiger partial charge on any atom is 0.314 e. The van der Waals surface area contributed by atoms with E-state index in [4.69, 9.17) is 16.3 Å². The number of nitriles is 1. The van der Waals surface area contributed by atoms with Crippen molar-refractivity contribution >= 4 is 17.6 Å². The van der Waals surface area contributed by atoms with Crippen molar-refractivity contribution in [1.29, 1.82) is 5.26 Å². The summed E-state index contributed by atoms with van der Waals surface area (Å²) in [5.41, 5.74) is 3.21. The predicted octanol–water partition coefficient (Wildman–Crippen LogP) is 8.95. The zero-order chi connectivity index (χ0) is 24.6. The van der Waals surface area contributed by atoms with Crippen LogP contribution in [0.3, 0.4) is 0 Å². The number of unbranched alkanes of at least 4 members (excludes halogenated alkanes) is 2. The Morgan fingerprint density at radius 3 is 2.09 bits per heavy atom. The summed E-state index contributed by atoms with van der Waals surface area (Å²) >= 11 is 5.94. The van der Waals surface area contributed by atoms with Gasteiger partial charge in [0.15, 0.2) is 0 Å². The van der Waals surface area contributed by atoms with Crippen LogP contribution >= 0.6 is 11.6 Å². The van der Waals surface area contributed by atoms with Gasteiger partial charge in [-0.15, -0.1) is 0 Å². The minimum Gasteiger partial charge on any atom is -0.425 e. The van der Waals surface area contributed by atoms with E-state index >= 15 is 0 Å². The van der Waals surface area contributed by atoms with Gasteiger partial charge in [0.2, 0.25) is 0 Å². The molecule has 4 heteroatoms. The number of hydrogen-bond acceptors (Lipinski definition) is 3. The van der Waals surface area contributed by atoms with E-state index in [0.29, 0.717) is 22.3 Å². The van der Waals surface area contributed by atoms with E-state index in [2.05, 4.69) is 37.3 Å². The lowest BCUT2D eigenvalue weighted by Gasteiger charge is -2.30. The maximum atomic E-state index is 12.7. The molecule has 2 fully saturated rings. The highest BCUT2D eigenvalue weighted by molar-refractivity contribution is 6.30. The number of carbonyl (C=O) groups excluding carboxylic acids is 1. The van der Waals surface area contributed by atoms with Gasteiger partial charge in [0.25, 0.3) is 0 Å². The fourth-order valence-electron chi connectivity index (χ4n) is 6.04. The standard InChI is InChI=1S/C31H38ClNO2/c1-2-3-4-5-22-6-8-23(9-7-22)24-10-12-25(13-11-24)26-14-16-27(17-15-26)31(34)35-30-19-18-29(32)20-28(30)21-33/h10-13,18-20,22-23,26-27H,2-9,14-17H2,1H3/t22-,23-,26-,27-. The molecule has 4 rings (SSSR count). The Morgan fingerprint density at radius 2 is 1.51 bits per heavy atom. The summed E-state index contributed by atoms with van der Waals surface area (Å²) < 4.78 is 5.57. The molecule has 0 atom stereocenters. The Morgan fingerprint density at radius 1 is 0.914 bits per heavy atom. The first-order chi connectivity index (χ1) is 17.1. The molecule has 186 valence electrons. The lowest BCUT2D eigenvalue weighted by molar-refractivity contribution is -0.140. The average molecular weight is 492 g/mol. The molecular weight excluding hydrogens is 454 g/mol. The number of nitrogens with zero attached hydrogens (tertiary/aromatic N) is 1. The third kappa shape index (κ3) is 6.89. The lowest BCUT2D eigenvalue weighted by Crippen LogP contribution is -2.25. The summed E-state index contributed by atoms with van der Waals surface area (Å²) in [7, 11) is 0. The van der Waals surface area contributed by atoms with Crippen molar-refractivity contribution in [3.63, 3.8) is 0 Å². The van der Waals surface area contributed by atoms with E-state index in [1.165, 1.54) is 68.6 Å². The Balaban J connectivity index is 1.25. The van der Waals surface area contributed by atoms with Gasteiger partial charge in [-0.3, -0.25) is 4.79 Å². The SMILES string of the molecule is CCCCC[C@H]1CC[C@H](c2ccc([C@H]3CC[C@H](C(=O)Oc4ccc(Cl)cc4C#N)CC3)cc2)CC1. The first-order valence-electron chi connectivity index (χ1n) is 13.6. The second-order valence-corrected chi connectivity index (χ2v) is 11.0. The smallest absolute Gasteiger partial charge is 0.314 e. The molecule has 2 aliphatic carbocycles. The minimum atomic E-state index is -0.233. The first-order valence-corrected chi connectivity index (χ1v) is 14.0. The molecule has 0 heterocycles. The largest absolute Gasteiger partial charge is 0.425 e. The number of carbonyl (C=O) groups is 1. The monoisotopic (exact) mass is 491 g/mol. The molecule has 0 aromatic heterocycles. The van der Waals surface area contributed by atoms with Gasteiger partial charge in [-0.1, -0.05) is 68.5 Å². The second-order valence-electron chi connectivity index (χ2n) is 10.6. The van der Waals surface area contributed by atoms with Crippen molar-refractivity contribution < 1.29 is 9.53 Å². The third-order valence-corrected chi connectivity index (χ3v) is 8.51. The van der Waals surface area contributed by atoms with Crippen molar-refractivity contribution in [2.75, 3.05) is 0 Å². The van der Waals surface area contributed by atoms with E-state index in [-0.39, 0.29) is 11.9 Å². The fraction of sp³-hybridized carbons (Fsp3) is 0.548. The molecule has 2 aromatic carbocycles. The zero-order valence-electron chi connectivity index (χ0n) is 21.0. The number of hydrogen-bond donors (Lipinski definition) is 0. The molecule has 0 amide bonds. The molecule has 0 unspecified atom stereocenters. The number of esters is 1. The van der Waals surface area contributed by atoms with Gasteiger partial charge in [-0.25, -0.2) is 0 Å². The quantitative estimate of drug-likeness (QED) is 0.210. The van der Waals surface area contributed by atoms with E-state index < -0.39 is 0 Å². The van der Waals surface area contributed by atoms with Crippen molar-refractivity contribution in [3.8, 4) is 11.8 Å². The summed E-state index contributed by atoms with van der Waals surface area (Å²) in [6.45, 7) is 2.29. The minimum absolute atomic E-state index is 0.111. The van der Waals surface area contributed by atoms with Crippen LogP contribution in [0.4, 0.5) is 0 Å². The average Bonchev–Trinajstić information content (AvgIpc) is 2.90. The van der Waals surface area contributed by atoms with E-state index in [9.17, 15) is 10.1 Å². The van der Waals surface area contributed by atoms with Gasteiger partial charge in [-0.05, 0) is 98.4 Å². The Labute approximate surface area is 215 Å². The topological polar surface area (TPSA) is 50.1 Å².